The van der Waals surface area contributed by atoms with Crippen LogP contribution in [0.1, 0.15) is 41.5 Å². The Labute approximate surface area is 98.5 Å². The first-order valence-electron chi connectivity index (χ1n) is 5.91. The molecule has 0 aliphatic heterocycles. The van der Waals surface area contributed by atoms with Gasteiger partial charge in [-0.25, -0.2) is 0 Å². The number of hydrogen-bond acceptors (Lipinski definition) is 2. The second-order valence-corrected chi connectivity index (χ2v) is 4.77. The van der Waals surface area contributed by atoms with Crippen molar-refractivity contribution in [1.29, 1.82) is 0 Å². The average Bonchev–Trinajstić information content (AvgIpc) is 2.20. The fourth-order valence-corrected chi connectivity index (χ4v) is 2.22. The van der Waals surface area contributed by atoms with Gasteiger partial charge in [-0.2, -0.15) is 0 Å². The van der Waals surface area contributed by atoms with Crippen molar-refractivity contribution in [1.82, 2.24) is 0 Å². The fourth-order valence-electron chi connectivity index (χ4n) is 2.22. The second kappa shape index (κ2) is 5.46. The van der Waals surface area contributed by atoms with E-state index in [0.717, 1.165) is 6.42 Å². The quantitative estimate of drug-likeness (QED) is 0.820. The largest absolute Gasteiger partial charge is 0.396 e. The lowest BCUT2D eigenvalue weighted by Crippen LogP contribution is -2.26. The summed E-state index contributed by atoms with van der Waals surface area (Å²) in [6.45, 7) is 8.57. The third kappa shape index (κ3) is 2.83. The molecule has 2 nitrogen and oxygen atoms in total. The molecule has 0 radical (unpaired) electrons. The predicted molar refractivity (Wildman–Crippen MR) is 68.7 cm³/mol. The van der Waals surface area contributed by atoms with Crippen molar-refractivity contribution in [2.75, 3.05) is 6.61 Å². The van der Waals surface area contributed by atoms with E-state index in [1.54, 1.807) is 0 Å². The Morgan fingerprint density at radius 3 is 2.19 bits per heavy atom. The molecule has 0 bridgehead atoms. The zero-order valence-corrected chi connectivity index (χ0v) is 10.7. The third-order valence-corrected chi connectivity index (χ3v) is 3.36. The Balaban J connectivity index is 3.13. The summed E-state index contributed by atoms with van der Waals surface area (Å²) < 4.78 is 0. The predicted octanol–water partition coefficient (Wildman–Crippen LogP) is 2.43. The Kier molecular flexibility index (Phi) is 4.51. The number of aliphatic hydroxyl groups is 1. The SMILES string of the molecule is Cc1cc(C)c(C(CCO)C(C)N)cc1C. The number of aryl methyl sites for hydroxylation is 3. The molecule has 90 valence electrons. The lowest BCUT2D eigenvalue weighted by atomic mass is 9.85. The van der Waals surface area contributed by atoms with E-state index in [2.05, 4.69) is 32.9 Å². The summed E-state index contributed by atoms with van der Waals surface area (Å²) in [5, 5.41) is 9.11. The van der Waals surface area contributed by atoms with Gasteiger partial charge in [0, 0.05) is 18.6 Å². The molecule has 0 amide bonds. The molecule has 2 unspecified atom stereocenters. The molecule has 1 rings (SSSR count). The topological polar surface area (TPSA) is 46.2 Å². The van der Waals surface area contributed by atoms with Crippen molar-refractivity contribution < 1.29 is 5.11 Å². The first-order chi connectivity index (χ1) is 7.47. The zero-order chi connectivity index (χ0) is 12.3. The molecule has 1 aromatic rings. The number of nitrogens with two attached hydrogens (primary N) is 1. The van der Waals surface area contributed by atoms with E-state index in [0.29, 0.717) is 0 Å². The molecule has 1 aromatic carbocycles. The normalized spacial score (nSPS) is 14.9. The summed E-state index contributed by atoms with van der Waals surface area (Å²) in [7, 11) is 0. The lowest BCUT2D eigenvalue weighted by Gasteiger charge is -2.23. The summed E-state index contributed by atoms with van der Waals surface area (Å²) >= 11 is 0. The van der Waals surface area contributed by atoms with E-state index in [-0.39, 0.29) is 18.6 Å². The van der Waals surface area contributed by atoms with Crippen LogP contribution in [0.4, 0.5) is 0 Å². The van der Waals surface area contributed by atoms with Gasteiger partial charge in [0.05, 0.1) is 0 Å². The van der Waals surface area contributed by atoms with Gasteiger partial charge < -0.3 is 10.8 Å². The van der Waals surface area contributed by atoms with Crippen LogP contribution in [0.5, 0.6) is 0 Å². The van der Waals surface area contributed by atoms with E-state index in [1.807, 2.05) is 6.92 Å². The number of aliphatic hydroxyl groups excluding tert-OH is 1. The highest BCUT2D eigenvalue weighted by Gasteiger charge is 2.18. The summed E-state index contributed by atoms with van der Waals surface area (Å²) in [4.78, 5) is 0. The average molecular weight is 221 g/mol. The molecule has 2 heteroatoms. The summed E-state index contributed by atoms with van der Waals surface area (Å²) in [6, 6.07) is 4.50. The van der Waals surface area contributed by atoms with Crippen LogP contribution in [0.15, 0.2) is 12.1 Å². The molecule has 3 N–H and O–H groups in total. The molecular weight excluding hydrogens is 198 g/mol. The molecule has 0 saturated carbocycles. The Bertz CT molecular complexity index is 358. The lowest BCUT2D eigenvalue weighted by molar-refractivity contribution is 0.269. The molecule has 0 aliphatic carbocycles. The van der Waals surface area contributed by atoms with Crippen molar-refractivity contribution in [3.8, 4) is 0 Å². The van der Waals surface area contributed by atoms with Crippen LogP contribution < -0.4 is 5.73 Å². The molecule has 16 heavy (non-hydrogen) atoms. The highest BCUT2D eigenvalue weighted by atomic mass is 16.3. The molecule has 0 fully saturated rings. The first-order valence-corrected chi connectivity index (χ1v) is 5.91. The number of rotatable bonds is 4. The van der Waals surface area contributed by atoms with Crippen molar-refractivity contribution in [2.24, 2.45) is 5.73 Å². The van der Waals surface area contributed by atoms with E-state index in [1.165, 1.54) is 22.3 Å². The minimum Gasteiger partial charge on any atom is -0.396 e. The van der Waals surface area contributed by atoms with Crippen LogP contribution in [0.2, 0.25) is 0 Å². The standard InChI is InChI=1S/C14H23NO/c1-9-7-11(3)14(8-10(9)2)13(5-6-16)12(4)15/h7-8,12-13,16H,5-6,15H2,1-4H3. The highest BCUT2D eigenvalue weighted by Crippen LogP contribution is 2.27. The Hall–Kier alpha value is -0.860. The monoisotopic (exact) mass is 221 g/mol. The van der Waals surface area contributed by atoms with Crippen molar-refractivity contribution in [3.63, 3.8) is 0 Å². The van der Waals surface area contributed by atoms with Crippen LogP contribution in [0.3, 0.4) is 0 Å². The molecule has 0 saturated heterocycles. The van der Waals surface area contributed by atoms with E-state index >= 15 is 0 Å². The van der Waals surface area contributed by atoms with E-state index in [9.17, 15) is 0 Å². The Morgan fingerprint density at radius 1 is 1.12 bits per heavy atom. The first kappa shape index (κ1) is 13.2. The maximum absolute atomic E-state index is 9.11. The smallest absolute Gasteiger partial charge is 0.0437 e. The number of hydrogen-bond donors (Lipinski definition) is 2. The van der Waals surface area contributed by atoms with Crippen LogP contribution in [0.25, 0.3) is 0 Å². The van der Waals surface area contributed by atoms with Gasteiger partial charge in [-0.3, -0.25) is 0 Å². The molecule has 0 heterocycles. The summed E-state index contributed by atoms with van der Waals surface area (Å²) in [5.74, 6) is 0.254. The van der Waals surface area contributed by atoms with Gasteiger partial charge in [0.25, 0.3) is 0 Å². The summed E-state index contributed by atoms with van der Waals surface area (Å²) in [5.41, 5.74) is 11.2. The molecule has 0 spiro atoms. The number of benzene rings is 1. The zero-order valence-electron chi connectivity index (χ0n) is 10.7. The van der Waals surface area contributed by atoms with Crippen LogP contribution in [-0.2, 0) is 0 Å². The molecular formula is C14H23NO. The maximum Gasteiger partial charge on any atom is 0.0437 e. The fraction of sp³-hybridized carbons (Fsp3) is 0.571. The van der Waals surface area contributed by atoms with Gasteiger partial charge in [0.2, 0.25) is 0 Å². The molecule has 0 aromatic heterocycles. The van der Waals surface area contributed by atoms with Gasteiger partial charge in [0.15, 0.2) is 0 Å². The second-order valence-electron chi connectivity index (χ2n) is 4.77. The van der Waals surface area contributed by atoms with Crippen LogP contribution >= 0.6 is 0 Å². The van der Waals surface area contributed by atoms with Gasteiger partial charge in [0.1, 0.15) is 0 Å². The minimum absolute atomic E-state index is 0.0768. The van der Waals surface area contributed by atoms with Gasteiger partial charge in [-0.05, 0) is 56.4 Å². The third-order valence-electron chi connectivity index (χ3n) is 3.36. The minimum atomic E-state index is 0.0768. The maximum atomic E-state index is 9.11. The van der Waals surface area contributed by atoms with Crippen LogP contribution in [0, 0.1) is 20.8 Å². The van der Waals surface area contributed by atoms with Gasteiger partial charge in [-0.1, -0.05) is 12.1 Å². The van der Waals surface area contributed by atoms with E-state index in [4.69, 9.17) is 10.8 Å². The van der Waals surface area contributed by atoms with Gasteiger partial charge >= 0.3 is 0 Å². The van der Waals surface area contributed by atoms with Gasteiger partial charge in [-0.15, -0.1) is 0 Å². The summed E-state index contributed by atoms with van der Waals surface area (Å²) in [6.07, 6.45) is 0.737. The van der Waals surface area contributed by atoms with Crippen molar-refractivity contribution in [3.05, 3.63) is 34.4 Å². The molecule has 0 aliphatic rings. The van der Waals surface area contributed by atoms with E-state index < -0.39 is 0 Å². The van der Waals surface area contributed by atoms with Crippen molar-refractivity contribution >= 4 is 0 Å². The molecule has 2 atom stereocenters. The van der Waals surface area contributed by atoms with Crippen LogP contribution in [-0.4, -0.2) is 17.8 Å². The van der Waals surface area contributed by atoms with Crippen molar-refractivity contribution in [2.45, 2.75) is 46.1 Å². The Morgan fingerprint density at radius 2 is 1.69 bits per heavy atom. The highest BCUT2D eigenvalue weighted by molar-refractivity contribution is 5.39.